The summed E-state index contributed by atoms with van der Waals surface area (Å²) >= 11 is 3.07. The molecule has 0 atom stereocenters. The summed E-state index contributed by atoms with van der Waals surface area (Å²) in [6.45, 7) is 0. The van der Waals surface area contributed by atoms with Gasteiger partial charge in [0, 0.05) is 24.5 Å². The molecule has 3 aromatic rings. The second-order valence-corrected chi connectivity index (χ2v) is 8.07. The fraction of sp³-hybridized carbons (Fsp3) is 0.0714. The number of hydrogen-bond donors (Lipinski definition) is 2. The number of hydrogen-bond acceptors (Lipinski definition) is 7. The van der Waals surface area contributed by atoms with Crippen LogP contribution in [0.4, 0.5) is 11.5 Å². The summed E-state index contributed by atoms with van der Waals surface area (Å²) in [6.07, 6.45) is 3.54. The summed E-state index contributed by atoms with van der Waals surface area (Å²) in [5.74, 6) is -0.467. The predicted molar refractivity (Wildman–Crippen MR) is 101 cm³/mol. The minimum Gasteiger partial charge on any atom is -0.317 e. The molecule has 0 spiro atoms. The van der Waals surface area contributed by atoms with Gasteiger partial charge in [-0.25, -0.2) is 13.4 Å². The summed E-state index contributed by atoms with van der Waals surface area (Å²) < 4.78 is 26.2. The summed E-state index contributed by atoms with van der Waals surface area (Å²) in [5, 5.41) is 11.4. The molecule has 140 valence electrons. The number of anilines is 1. The van der Waals surface area contributed by atoms with E-state index in [4.69, 9.17) is 0 Å². The van der Waals surface area contributed by atoms with E-state index in [-0.39, 0.29) is 32.3 Å². The Morgan fingerprint density at radius 3 is 2.63 bits per heavy atom. The molecule has 2 N–H and O–H groups in total. The Kier molecular flexibility index (Phi) is 4.57. The van der Waals surface area contributed by atoms with Crippen LogP contribution < -0.4 is 15.7 Å². The van der Waals surface area contributed by atoms with E-state index in [2.05, 4.69) is 25.9 Å². The van der Waals surface area contributed by atoms with Gasteiger partial charge in [0.15, 0.2) is 5.43 Å². The van der Waals surface area contributed by atoms with Crippen LogP contribution in [0.5, 0.6) is 0 Å². The van der Waals surface area contributed by atoms with Gasteiger partial charge in [-0.1, -0.05) is 0 Å². The molecule has 0 aliphatic rings. The van der Waals surface area contributed by atoms with Crippen molar-refractivity contribution >= 4 is 48.5 Å². The van der Waals surface area contributed by atoms with Crippen LogP contribution in [-0.2, 0) is 10.0 Å². The summed E-state index contributed by atoms with van der Waals surface area (Å²) in [6, 6.07) is 3.62. The SMILES string of the molecule is CS(=O)(=O)Nc1nc2cc(-n3ccc(=O)c(Br)c3)c([N+](=O)[O-])cc2[nH]c1=O. The highest BCUT2D eigenvalue weighted by molar-refractivity contribution is 9.10. The standard InChI is InChI=1S/C14H10BrN5O6S/c1-27(25,26)18-13-14(22)17-9-5-11(20(23)24)10(4-8(9)16-13)19-3-2-12(21)7(15)6-19/h2-6H,1H3,(H,16,18)(H,17,22). The first-order valence-electron chi connectivity index (χ1n) is 7.13. The van der Waals surface area contributed by atoms with Gasteiger partial charge < -0.3 is 9.55 Å². The number of H-pyrrole nitrogens is 1. The zero-order valence-electron chi connectivity index (χ0n) is 13.5. The molecule has 0 unspecified atom stereocenters. The average molecular weight is 456 g/mol. The Labute approximate surface area is 159 Å². The number of nitrogens with zero attached hydrogens (tertiary/aromatic N) is 3. The number of aromatic nitrogens is 3. The lowest BCUT2D eigenvalue weighted by molar-refractivity contribution is -0.384. The molecule has 0 radical (unpaired) electrons. The summed E-state index contributed by atoms with van der Waals surface area (Å²) in [5.41, 5.74) is -1.28. The third-order valence-electron chi connectivity index (χ3n) is 3.42. The van der Waals surface area contributed by atoms with Crippen LogP contribution in [0.15, 0.2) is 44.7 Å². The first-order valence-corrected chi connectivity index (χ1v) is 9.82. The number of rotatable bonds is 4. The number of fused-ring (bicyclic) bond motifs is 1. The normalized spacial score (nSPS) is 11.5. The number of benzene rings is 1. The van der Waals surface area contributed by atoms with Crippen molar-refractivity contribution in [3.63, 3.8) is 0 Å². The van der Waals surface area contributed by atoms with Gasteiger partial charge in [-0.3, -0.25) is 24.4 Å². The predicted octanol–water partition coefficient (Wildman–Crippen LogP) is 1.12. The van der Waals surface area contributed by atoms with Gasteiger partial charge in [-0.2, -0.15) is 0 Å². The van der Waals surface area contributed by atoms with Crippen molar-refractivity contribution in [2.24, 2.45) is 0 Å². The molecule has 0 saturated heterocycles. The number of nitrogens with one attached hydrogen (secondary N) is 2. The van der Waals surface area contributed by atoms with Gasteiger partial charge in [0.2, 0.25) is 15.8 Å². The molecule has 27 heavy (non-hydrogen) atoms. The minimum atomic E-state index is -3.75. The zero-order chi connectivity index (χ0) is 19.9. The van der Waals surface area contributed by atoms with Gasteiger partial charge >= 0.3 is 0 Å². The number of nitro groups is 1. The molecule has 1 aromatic carbocycles. The average Bonchev–Trinajstić information content (AvgIpc) is 2.55. The van der Waals surface area contributed by atoms with Crippen LogP contribution in [0.1, 0.15) is 0 Å². The topological polar surface area (TPSA) is 157 Å². The number of sulfonamides is 1. The van der Waals surface area contributed by atoms with E-state index in [9.17, 15) is 28.1 Å². The van der Waals surface area contributed by atoms with E-state index in [0.29, 0.717) is 0 Å². The number of nitro benzene ring substituents is 1. The van der Waals surface area contributed by atoms with Crippen molar-refractivity contribution in [1.82, 2.24) is 14.5 Å². The van der Waals surface area contributed by atoms with Crippen LogP contribution in [-0.4, -0.2) is 34.1 Å². The van der Waals surface area contributed by atoms with E-state index >= 15 is 0 Å². The van der Waals surface area contributed by atoms with Crippen LogP contribution in [0.25, 0.3) is 16.7 Å². The summed E-state index contributed by atoms with van der Waals surface area (Å²) in [7, 11) is -3.75. The molecule has 0 aliphatic carbocycles. The number of pyridine rings is 1. The van der Waals surface area contributed by atoms with Gasteiger partial charge in [-0.05, 0) is 22.0 Å². The highest BCUT2D eigenvalue weighted by Crippen LogP contribution is 2.27. The van der Waals surface area contributed by atoms with Crippen molar-refractivity contribution in [1.29, 1.82) is 0 Å². The lowest BCUT2D eigenvalue weighted by Gasteiger charge is -2.10. The highest BCUT2D eigenvalue weighted by Gasteiger charge is 2.19. The molecule has 2 aromatic heterocycles. The van der Waals surface area contributed by atoms with E-state index in [1.807, 2.05) is 4.72 Å². The van der Waals surface area contributed by atoms with Crippen LogP contribution in [0.2, 0.25) is 0 Å². The maximum absolute atomic E-state index is 12.0. The van der Waals surface area contributed by atoms with E-state index in [1.165, 1.54) is 29.1 Å². The van der Waals surface area contributed by atoms with Gasteiger partial charge in [0.05, 0.1) is 26.7 Å². The molecular weight excluding hydrogens is 446 g/mol. The smallest absolute Gasteiger partial charge is 0.295 e. The Morgan fingerprint density at radius 1 is 1.33 bits per heavy atom. The molecule has 2 heterocycles. The monoisotopic (exact) mass is 455 g/mol. The second-order valence-electron chi connectivity index (χ2n) is 5.47. The molecule has 0 bridgehead atoms. The van der Waals surface area contributed by atoms with Crippen molar-refractivity contribution < 1.29 is 13.3 Å². The molecule has 0 saturated carbocycles. The number of aromatic amines is 1. The fourth-order valence-electron chi connectivity index (χ4n) is 2.32. The van der Waals surface area contributed by atoms with Crippen LogP contribution >= 0.6 is 15.9 Å². The van der Waals surface area contributed by atoms with Crippen molar-refractivity contribution in [3.05, 3.63) is 65.8 Å². The third kappa shape index (κ3) is 3.88. The first kappa shape index (κ1) is 18.7. The van der Waals surface area contributed by atoms with Gasteiger partial charge in [0.25, 0.3) is 11.2 Å². The molecule has 11 nitrogen and oxygen atoms in total. The first-order chi connectivity index (χ1) is 12.5. The van der Waals surface area contributed by atoms with Crippen LogP contribution in [0, 0.1) is 10.1 Å². The van der Waals surface area contributed by atoms with Crippen molar-refractivity contribution in [2.45, 2.75) is 0 Å². The molecule has 0 amide bonds. The third-order valence-corrected chi connectivity index (χ3v) is 4.58. The number of halogens is 1. The van der Waals surface area contributed by atoms with E-state index < -0.39 is 26.3 Å². The lowest BCUT2D eigenvalue weighted by Crippen LogP contribution is -2.20. The highest BCUT2D eigenvalue weighted by atomic mass is 79.9. The fourth-order valence-corrected chi connectivity index (χ4v) is 3.16. The van der Waals surface area contributed by atoms with Crippen molar-refractivity contribution in [2.75, 3.05) is 11.0 Å². The van der Waals surface area contributed by atoms with Gasteiger partial charge in [-0.15, -0.1) is 0 Å². The minimum absolute atomic E-state index is 0.0506. The largest absolute Gasteiger partial charge is 0.317 e. The summed E-state index contributed by atoms with van der Waals surface area (Å²) in [4.78, 5) is 40.6. The van der Waals surface area contributed by atoms with E-state index in [0.717, 1.165) is 12.3 Å². The van der Waals surface area contributed by atoms with Gasteiger partial charge in [0.1, 0.15) is 5.69 Å². The molecule has 0 fully saturated rings. The zero-order valence-corrected chi connectivity index (χ0v) is 15.9. The molecule has 0 aliphatic heterocycles. The Bertz CT molecular complexity index is 1310. The second kappa shape index (κ2) is 6.59. The quantitative estimate of drug-likeness (QED) is 0.440. The molecular formula is C14H10BrN5O6S. The Balaban J connectivity index is 2.31. The maximum atomic E-state index is 12.0. The lowest BCUT2D eigenvalue weighted by atomic mass is 10.2. The molecule has 13 heteroatoms. The molecule has 3 rings (SSSR count). The van der Waals surface area contributed by atoms with Crippen LogP contribution in [0.3, 0.4) is 0 Å². The Morgan fingerprint density at radius 2 is 2.04 bits per heavy atom. The van der Waals surface area contributed by atoms with E-state index in [1.54, 1.807) is 0 Å². The Hall–Kier alpha value is -3.06. The maximum Gasteiger partial charge on any atom is 0.295 e. The van der Waals surface area contributed by atoms with Crippen molar-refractivity contribution in [3.8, 4) is 5.69 Å².